The molecule has 19 heavy (non-hydrogen) atoms. The second-order valence-corrected chi connectivity index (χ2v) is 3.94. The molecule has 0 spiro atoms. The molecule has 0 atom stereocenters. The summed E-state index contributed by atoms with van der Waals surface area (Å²) >= 11 is 0. The fourth-order valence-electron chi connectivity index (χ4n) is 1.88. The van der Waals surface area contributed by atoms with E-state index in [1.54, 1.807) is 6.07 Å². The van der Waals surface area contributed by atoms with Crippen molar-refractivity contribution in [2.45, 2.75) is 0 Å². The molecular weight excluding hydrogens is 254 g/mol. The van der Waals surface area contributed by atoms with E-state index in [2.05, 4.69) is 5.16 Å². The third-order valence-corrected chi connectivity index (χ3v) is 2.66. The Hall–Kier alpha value is -2.63. The van der Waals surface area contributed by atoms with Crippen LogP contribution in [-0.2, 0) is 0 Å². The van der Waals surface area contributed by atoms with Crippen molar-refractivity contribution in [1.29, 1.82) is 0 Å². The van der Waals surface area contributed by atoms with Gasteiger partial charge in [-0.05, 0) is 23.8 Å². The molecule has 6 heteroatoms. The van der Waals surface area contributed by atoms with E-state index < -0.39 is 11.6 Å². The Bertz CT molecular complexity index is 700. The maximum absolute atomic E-state index is 13.3. The molecule has 0 aliphatic carbocycles. The molecule has 2 heterocycles. The van der Waals surface area contributed by atoms with Crippen LogP contribution in [-0.4, -0.2) is 5.16 Å². The van der Waals surface area contributed by atoms with Crippen LogP contribution in [0.1, 0.15) is 0 Å². The topological polar surface area (TPSA) is 65.2 Å². The second-order valence-electron chi connectivity index (χ2n) is 3.94. The van der Waals surface area contributed by atoms with Crippen LogP contribution in [0.2, 0.25) is 0 Å². The summed E-state index contributed by atoms with van der Waals surface area (Å²) in [6, 6.07) is 4.76. The van der Waals surface area contributed by atoms with E-state index in [1.165, 1.54) is 12.5 Å². The molecule has 0 fully saturated rings. The number of nitrogens with zero attached hydrogens (tertiary/aromatic N) is 1. The van der Waals surface area contributed by atoms with Gasteiger partial charge in [0.2, 0.25) is 5.88 Å². The van der Waals surface area contributed by atoms with Gasteiger partial charge >= 0.3 is 0 Å². The lowest BCUT2D eigenvalue weighted by Gasteiger charge is -2.02. The molecule has 0 saturated heterocycles. The monoisotopic (exact) mass is 262 g/mol. The summed E-state index contributed by atoms with van der Waals surface area (Å²) in [5.74, 6) is -1.41. The fraction of sp³-hybridized carbons (Fsp3) is 0. The van der Waals surface area contributed by atoms with E-state index in [1.807, 2.05) is 0 Å². The van der Waals surface area contributed by atoms with Crippen LogP contribution in [0.3, 0.4) is 0 Å². The van der Waals surface area contributed by atoms with E-state index in [4.69, 9.17) is 14.7 Å². The summed E-state index contributed by atoms with van der Waals surface area (Å²) in [6.45, 7) is 0. The number of furan rings is 1. The van der Waals surface area contributed by atoms with Crippen molar-refractivity contribution in [1.82, 2.24) is 5.16 Å². The van der Waals surface area contributed by atoms with Crippen LogP contribution in [0.25, 0.3) is 22.4 Å². The van der Waals surface area contributed by atoms with Crippen molar-refractivity contribution in [3.8, 4) is 22.4 Å². The van der Waals surface area contributed by atoms with Gasteiger partial charge in [-0.15, -0.1) is 0 Å². The Kier molecular flexibility index (Phi) is 2.56. The zero-order chi connectivity index (χ0) is 13.4. The Morgan fingerprint density at radius 3 is 2.42 bits per heavy atom. The van der Waals surface area contributed by atoms with E-state index in [0.29, 0.717) is 16.8 Å². The molecule has 0 unspecified atom stereocenters. The zero-order valence-electron chi connectivity index (χ0n) is 9.56. The van der Waals surface area contributed by atoms with Crippen molar-refractivity contribution in [2.24, 2.45) is 0 Å². The largest absolute Gasteiger partial charge is 0.472 e. The van der Waals surface area contributed by atoms with Crippen molar-refractivity contribution in [3.63, 3.8) is 0 Å². The lowest BCUT2D eigenvalue weighted by atomic mass is 10.0. The average molecular weight is 262 g/mol. The Labute approximate surface area is 106 Å². The summed E-state index contributed by atoms with van der Waals surface area (Å²) < 4.78 is 36.4. The molecule has 0 amide bonds. The Morgan fingerprint density at radius 2 is 1.79 bits per heavy atom. The van der Waals surface area contributed by atoms with Gasteiger partial charge in [0.15, 0.2) is 0 Å². The van der Waals surface area contributed by atoms with Gasteiger partial charge in [0.25, 0.3) is 0 Å². The fourth-order valence-corrected chi connectivity index (χ4v) is 1.88. The second kappa shape index (κ2) is 4.24. The maximum atomic E-state index is 13.3. The average Bonchev–Trinajstić information content (AvgIpc) is 2.95. The number of benzene rings is 1. The molecule has 2 N–H and O–H groups in total. The third kappa shape index (κ3) is 1.97. The third-order valence-electron chi connectivity index (χ3n) is 2.66. The van der Waals surface area contributed by atoms with Crippen LogP contribution in [0, 0.1) is 11.6 Å². The van der Waals surface area contributed by atoms with Gasteiger partial charge < -0.3 is 14.7 Å². The minimum absolute atomic E-state index is 0.0128. The van der Waals surface area contributed by atoms with Crippen molar-refractivity contribution < 1.29 is 17.7 Å². The lowest BCUT2D eigenvalue weighted by molar-refractivity contribution is 0.439. The quantitative estimate of drug-likeness (QED) is 0.768. The predicted molar refractivity (Wildman–Crippen MR) is 64.0 cm³/mol. The van der Waals surface area contributed by atoms with Gasteiger partial charge in [0.1, 0.15) is 17.3 Å². The number of anilines is 1. The molecule has 0 aliphatic heterocycles. The highest BCUT2D eigenvalue weighted by Gasteiger charge is 2.19. The number of hydrogen-bond acceptors (Lipinski definition) is 4. The minimum atomic E-state index is -0.700. The number of nitrogen functional groups attached to an aromatic ring is 1. The highest BCUT2D eigenvalue weighted by molar-refractivity contribution is 5.86. The Morgan fingerprint density at radius 1 is 1.05 bits per heavy atom. The first kappa shape index (κ1) is 11.5. The van der Waals surface area contributed by atoms with Crippen LogP contribution in [0.5, 0.6) is 0 Å². The van der Waals surface area contributed by atoms with E-state index in [9.17, 15) is 8.78 Å². The molecular formula is C13H8F2N2O2. The summed E-state index contributed by atoms with van der Waals surface area (Å²) in [4.78, 5) is 0. The molecule has 3 aromatic rings. The summed E-state index contributed by atoms with van der Waals surface area (Å²) in [7, 11) is 0. The van der Waals surface area contributed by atoms with Crippen LogP contribution in [0.15, 0.2) is 45.7 Å². The smallest absolute Gasteiger partial charge is 0.230 e. The van der Waals surface area contributed by atoms with E-state index in [-0.39, 0.29) is 11.4 Å². The first-order chi connectivity index (χ1) is 9.15. The normalized spacial score (nSPS) is 10.8. The first-order valence-electron chi connectivity index (χ1n) is 5.39. The number of hydrogen-bond donors (Lipinski definition) is 1. The molecule has 0 radical (unpaired) electrons. The highest BCUT2D eigenvalue weighted by Crippen LogP contribution is 2.36. The van der Waals surface area contributed by atoms with E-state index in [0.717, 1.165) is 18.2 Å². The molecule has 0 bridgehead atoms. The van der Waals surface area contributed by atoms with Gasteiger partial charge in [0.05, 0.1) is 18.1 Å². The number of aromatic nitrogens is 1. The number of nitrogens with two attached hydrogens (primary N) is 1. The van der Waals surface area contributed by atoms with Crippen LogP contribution >= 0.6 is 0 Å². The van der Waals surface area contributed by atoms with Crippen molar-refractivity contribution in [3.05, 3.63) is 48.4 Å². The lowest BCUT2D eigenvalue weighted by Crippen LogP contribution is -1.89. The molecule has 4 nitrogen and oxygen atoms in total. The summed E-state index contributed by atoms with van der Waals surface area (Å²) in [5.41, 5.74) is 7.25. The molecule has 3 rings (SSSR count). The molecule has 2 aromatic heterocycles. The highest BCUT2D eigenvalue weighted by atomic mass is 19.1. The van der Waals surface area contributed by atoms with Gasteiger partial charge in [-0.25, -0.2) is 8.78 Å². The van der Waals surface area contributed by atoms with Crippen molar-refractivity contribution in [2.75, 3.05) is 5.73 Å². The molecule has 0 saturated carbocycles. The van der Waals surface area contributed by atoms with Gasteiger partial charge in [-0.3, -0.25) is 0 Å². The maximum Gasteiger partial charge on any atom is 0.230 e. The molecule has 0 aliphatic rings. The van der Waals surface area contributed by atoms with E-state index >= 15 is 0 Å². The standard InChI is InChI=1S/C13H8F2N2O2/c14-9-3-8(4-10(15)5-9)11-12(17-19-13(11)16)7-1-2-18-6-7/h1-6H,16H2. The van der Waals surface area contributed by atoms with Crippen LogP contribution in [0.4, 0.5) is 14.7 Å². The number of halogens is 2. The van der Waals surface area contributed by atoms with Crippen molar-refractivity contribution >= 4 is 5.88 Å². The Balaban J connectivity index is 2.22. The summed E-state index contributed by atoms with van der Waals surface area (Å²) in [5, 5.41) is 3.79. The number of rotatable bonds is 2. The molecule has 96 valence electrons. The van der Waals surface area contributed by atoms with Crippen LogP contribution < -0.4 is 5.73 Å². The summed E-state index contributed by atoms with van der Waals surface area (Å²) in [6.07, 6.45) is 2.90. The van der Waals surface area contributed by atoms with Gasteiger partial charge in [-0.1, -0.05) is 5.16 Å². The first-order valence-corrected chi connectivity index (χ1v) is 5.39. The predicted octanol–water partition coefficient (Wildman–Crippen LogP) is 3.46. The SMILES string of the molecule is Nc1onc(-c2ccoc2)c1-c1cc(F)cc(F)c1. The van der Waals surface area contributed by atoms with Gasteiger partial charge in [-0.2, -0.15) is 0 Å². The molecule has 1 aromatic carbocycles. The zero-order valence-corrected chi connectivity index (χ0v) is 9.56. The van der Waals surface area contributed by atoms with Gasteiger partial charge in [0, 0.05) is 11.6 Å². The minimum Gasteiger partial charge on any atom is -0.472 e.